The zero-order valence-electron chi connectivity index (χ0n) is 21.7. The molecule has 38 heavy (non-hydrogen) atoms. The number of hydrogen-bond donors (Lipinski definition) is 1. The Labute approximate surface area is 227 Å². The standard InChI is InChI=1S/C29H34ClFN4O3/c1-19-32-28(34-38-19)21-3-2-4-22(17-21)29(36)33-24-8-5-20(6-9-24)11-14-35-15-12-25(13-16-35)37-27-10-7-23(31)18-26(27)30/h2-4,7,10,17-18,20,24-25H,5-6,8-9,11-16H2,1H3,(H,33,36). The number of carbonyl (C=O) groups is 1. The number of amides is 1. The van der Waals surface area contributed by atoms with E-state index in [-0.39, 0.29) is 23.9 Å². The normalized spacial score (nSPS) is 20.8. The second-order valence-corrected chi connectivity index (χ2v) is 10.8. The van der Waals surface area contributed by atoms with Crippen molar-refractivity contribution in [2.45, 2.75) is 64.0 Å². The fraction of sp³-hybridized carbons (Fsp3) is 0.483. The highest BCUT2D eigenvalue weighted by atomic mass is 35.5. The molecule has 3 aromatic rings. The number of nitrogens with one attached hydrogen (secondary N) is 1. The van der Waals surface area contributed by atoms with Gasteiger partial charge in [-0.2, -0.15) is 4.98 Å². The Bertz CT molecular complexity index is 1240. The summed E-state index contributed by atoms with van der Waals surface area (Å²) in [7, 11) is 0. The van der Waals surface area contributed by atoms with Gasteiger partial charge in [0.1, 0.15) is 17.7 Å². The van der Waals surface area contributed by atoms with Gasteiger partial charge in [0, 0.05) is 37.2 Å². The van der Waals surface area contributed by atoms with Gasteiger partial charge >= 0.3 is 0 Å². The van der Waals surface area contributed by atoms with Crippen LogP contribution in [0.3, 0.4) is 0 Å². The quantitative estimate of drug-likeness (QED) is 0.374. The van der Waals surface area contributed by atoms with E-state index in [2.05, 4.69) is 20.4 Å². The van der Waals surface area contributed by atoms with Crippen LogP contribution in [-0.4, -0.2) is 52.7 Å². The molecule has 2 fully saturated rings. The summed E-state index contributed by atoms with van der Waals surface area (Å²) in [5, 5.41) is 7.49. The molecule has 2 aliphatic rings. The van der Waals surface area contributed by atoms with Crippen LogP contribution in [0.2, 0.25) is 5.02 Å². The first-order chi connectivity index (χ1) is 18.4. The van der Waals surface area contributed by atoms with Crippen LogP contribution >= 0.6 is 11.6 Å². The molecule has 1 saturated heterocycles. The molecule has 202 valence electrons. The SMILES string of the molecule is Cc1nc(-c2cccc(C(=O)NC3CCC(CCN4CCC(Oc5ccc(F)cc5Cl)CC4)CC3)c2)no1. The molecule has 2 heterocycles. The molecule has 1 aromatic heterocycles. The van der Waals surface area contributed by atoms with Crippen molar-refractivity contribution in [3.63, 3.8) is 0 Å². The summed E-state index contributed by atoms with van der Waals surface area (Å²) in [4.78, 5) is 19.6. The van der Waals surface area contributed by atoms with E-state index in [9.17, 15) is 9.18 Å². The number of benzene rings is 2. The molecular formula is C29H34ClFN4O3. The average molecular weight is 541 g/mol. The lowest BCUT2D eigenvalue weighted by molar-refractivity contribution is 0.0897. The van der Waals surface area contributed by atoms with Gasteiger partial charge in [-0.15, -0.1) is 0 Å². The molecule has 7 nitrogen and oxygen atoms in total. The number of aromatic nitrogens is 2. The Kier molecular flexibility index (Phi) is 8.59. The van der Waals surface area contributed by atoms with Crippen molar-refractivity contribution in [1.82, 2.24) is 20.4 Å². The van der Waals surface area contributed by atoms with E-state index in [1.54, 1.807) is 13.0 Å². The lowest BCUT2D eigenvalue weighted by Gasteiger charge is -2.34. The zero-order chi connectivity index (χ0) is 26.5. The van der Waals surface area contributed by atoms with Gasteiger partial charge in [-0.1, -0.05) is 28.9 Å². The molecule has 0 spiro atoms. The summed E-state index contributed by atoms with van der Waals surface area (Å²) in [6, 6.07) is 11.9. The van der Waals surface area contributed by atoms with Crippen molar-refractivity contribution in [1.29, 1.82) is 0 Å². The molecule has 1 amide bonds. The van der Waals surface area contributed by atoms with Gasteiger partial charge in [-0.05, 0) is 87.7 Å². The fourth-order valence-electron chi connectivity index (χ4n) is 5.45. The maximum Gasteiger partial charge on any atom is 0.251 e. The number of halogens is 2. The summed E-state index contributed by atoms with van der Waals surface area (Å²) in [6.07, 6.45) is 7.47. The van der Waals surface area contributed by atoms with E-state index < -0.39 is 0 Å². The number of ether oxygens (including phenoxy) is 1. The Balaban J connectivity index is 1.01. The average Bonchev–Trinajstić information content (AvgIpc) is 3.37. The molecular weight excluding hydrogens is 507 g/mol. The van der Waals surface area contributed by atoms with Crippen molar-refractivity contribution in [3.05, 3.63) is 64.8 Å². The van der Waals surface area contributed by atoms with Crippen LogP contribution in [0, 0.1) is 18.7 Å². The predicted octanol–water partition coefficient (Wildman–Crippen LogP) is 6.06. The molecule has 5 rings (SSSR count). The fourth-order valence-corrected chi connectivity index (χ4v) is 5.66. The summed E-state index contributed by atoms with van der Waals surface area (Å²) < 4.78 is 24.3. The molecule has 1 saturated carbocycles. The highest BCUT2D eigenvalue weighted by molar-refractivity contribution is 6.32. The lowest BCUT2D eigenvalue weighted by Crippen LogP contribution is -2.40. The predicted molar refractivity (Wildman–Crippen MR) is 144 cm³/mol. The van der Waals surface area contributed by atoms with Crippen LogP contribution in [0.25, 0.3) is 11.4 Å². The highest BCUT2D eigenvalue weighted by Gasteiger charge is 2.25. The minimum Gasteiger partial charge on any atom is -0.489 e. The Morgan fingerprint density at radius 1 is 1.13 bits per heavy atom. The molecule has 0 radical (unpaired) electrons. The molecule has 0 unspecified atom stereocenters. The molecule has 0 atom stereocenters. The second kappa shape index (κ2) is 12.3. The first-order valence-corrected chi connectivity index (χ1v) is 13.9. The highest BCUT2D eigenvalue weighted by Crippen LogP contribution is 2.30. The van der Waals surface area contributed by atoms with Crippen molar-refractivity contribution in [2.75, 3.05) is 19.6 Å². The van der Waals surface area contributed by atoms with Gasteiger partial charge in [0.15, 0.2) is 0 Å². The van der Waals surface area contributed by atoms with Crippen LogP contribution in [0.15, 0.2) is 47.0 Å². The topological polar surface area (TPSA) is 80.5 Å². The summed E-state index contributed by atoms with van der Waals surface area (Å²) in [5.41, 5.74) is 1.38. The molecule has 1 aliphatic carbocycles. The van der Waals surface area contributed by atoms with E-state index >= 15 is 0 Å². The Morgan fingerprint density at radius 2 is 1.92 bits per heavy atom. The number of carbonyl (C=O) groups excluding carboxylic acids is 1. The lowest BCUT2D eigenvalue weighted by atomic mass is 9.84. The third-order valence-electron chi connectivity index (χ3n) is 7.67. The smallest absolute Gasteiger partial charge is 0.251 e. The zero-order valence-corrected chi connectivity index (χ0v) is 22.4. The number of hydrogen-bond acceptors (Lipinski definition) is 6. The molecule has 1 aliphatic heterocycles. The van der Waals surface area contributed by atoms with Crippen LogP contribution < -0.4 is 10.1 Å². The Morgan fingerprint density at radius 3 is 2.63 bits per heavy atom. The maximum atomic E-state index is 13.3. The van der Waals surface area contributed by atoms with Gasteiger partial charge in [-0.3, -0.25) is 4.79 Å². The number of piperidine rings is 1. The molecule has 1 N–H and O–H groups in total. The number of aryl methyl sites for hydroxylation is 1. The Hall–Kier alpha value is -2.97. The van der Waals surface area contributed by atoms with Crippen molar-refractivity contribution < 1.29 is 18.4 Å². The van der Waals surface area contributed by atoms with E-state index in [1.165, 1.54) is 18.6 Å². The molecule has 0 bridgehead atoms. The summed E-state index contributed by atoms with van der Waals surface area (Å²) in [5.74, 6) is 1.84. The van der Waals surface area contributed by atoms with Crippen molar-refractivity contribution >= 4 is 17.5 Å². The first-order valence-electron chi connectivity index (χ1n) is 13.5. The van der Waals surface area contributed by atoms with Crippen molar-refractivity contribution in [2.24, 2.45) is 5.92 Å². The number of rotatable bonds is 8. The van der Waals surface area contributed by atoms with E-state index in [1.807, 2.05) is 24.3 Å². The van der Waals surface area contributed by atoms with E-state index in [4.69, 9.17) is 20.9 Å². The van der Waals surface area contributed by atoms with E-state index in [0.717, 1.165) is 63.7 Å². The number of likely N-dealkylation sites (tertiary alicyclic amines) is 1. The van der Waals surface area contributed by atoms with Crippen LogP contribution in [0.5, 0.6) is 5.75 Å². The van der Waals surface area contributed by atoms with Gasteiger partial charge in [0.2, 0.25) is 11.7 Å². The largest absolute Gasteiger partial charge is 0.489 e. The maximum absolute atomic E-state index is 13.3. The third kappa shape index (κ3) is 6.91. The van der Waals surface area contributed by atoms with Gasteiger partial charge in [-0.25, -0.2) is 4.39 Å². The van der Waals surface area contributed by atoms with Crippen molar-refractivity contribution in [3.8, 4) is 17.1 Å². The second-order valence-electron chi connectivity index (χ2n) is 10.4. The summed E-state index contributed by atoms with van der Waals surface area (Å²) >= 11 is 6.11. The third-order valence-corrected chi connectivity index (χ3v) is 7.96. The minimum atomic E-state index is -0.352. The van der Waals surface area contributed by atoms with Crippen LogP contribution in [0.1, 0.15) is 61.2 Å². The van der Waals surface area contributed by atoms with Crippen LogP contribution in [0.4, 0.5) is 4.39 Å². The monoisotopic (exact) mass is 540 g/mol. The molecule has 2 aromatic carbocycles. The number of nitrogens with zero attached hydrogens (tertiary/aromatic N) is 3. The molecule has 9 heteroatoms. The van der Waals surface area contributed by atoms with Gasteiger partial charge < -0.3 is 19.5 Å². The van der Waals surface area contributed by atoms with Crippen LogP contribution in [-0.2, 0) is 0 Å². The van der Waals surface area contributed by atoms with Gasteiger partial charge in [0.25, 0.3) is 5.91 Å². The van der Waals surface area contributed by atoms with E-state index in [0.29, 0.717) is 34.0 Å². The van der Waals surface area contributed by atoms with Gasteiger partial charge in [0.05, 0.1) is 5.02 Å². The summed E-state index contributed by atoms with van der Waals surface area (Å²) in [6.45, 7) is 4.83. The minimum absolute atomic E-state index is 0.0532. The first kappa shape index (κ1) is 26.6.